The molecule has 178 valence electrons. The lowest BCUT2D eigenvalue weighted by Gasteiger charge is -2.33. The van der Waals surface area contributed by atoms with Crippen molar-refractivity contribution in [3.8, 4) is 0 Å². The molecule has 2 N–H and O–H groups in total. The standard InChI is InChI=1S/C27H30N2O4S/c1-27(2,3)26(33)28-20(25(31)32)16-23(30)29-14-12-17(13-15-29)24-18-8-4-6-10-21(18)34-22-11-7-5-9-19(22)24/h4-11,20H,12-16H2,1-3H3,(H,28,33)(H,31,32)/t20-/m1/s1. The van der Waals surface area contributed by atoms with Crippen molar-refractivity contribution in [2.24, 2.45) is 5.41 Å². The van der Waals surface area contributed by atoms with E-state index in [0.717, 1.165) is 12.8 Å². The fourth-order valence-corrected chi connectivity index (χ4v) is 5.41. The number of piperidine rings is 1. The van der Waals surface area contributed by atoms with E-state index in [-0.39, 0.29) is 18.2 Å². The minimum absolute atomic E-state index is 0.245. The third-order valence-electron chi connectivity index (χ3n) is 6.27. The summed E-state index contributed by atoms with van der Waals surface area (Å²) in [5, 5.41) is 12.0. The second kappa shape index (κ2) is 9.66. The van der Waals surface area contributed by atoms with Crippen LogP contribution in [-0.4, -0.2) is 46.9 Å². The molecule has 0 unspecified atom stereocenters. The Bertz CT molecular complexity index is 1110. The number of fused-ring (bicyclic) bond motifs is 2. The smallest absolute Gasteiger partial charge is 0.326 e. The molecule has 1 saturated heterocycles. The first-order valence-electron chi connectivity index (χ1n) is 11.6. The summed E-state index contributed by atoms with van der Waals surface area (Å²) >= 11 is 1.78. The molecule has 0 bridgehead atoms. The molecule has 1 fully saturated rings. The van der Waals surface area contributed by atoms with Gasteiger partial charge in [-0.15, -0.1) is 0 Å². The van der Waals surface area contributed by atoms with Gasteiger partial charge < -0.3 is 15.3 Å². The number of carbonyl (C=O) groups excluding carboxylic acids is 2. The predicted molar refractivity (Wildman–Crippen MR) is 132 cm³/mol. The summed E-state index contributed by atoms with van der Waals surface area (Å²) < 4.78 is 0. The molecule has 2 amide bonds. The topological polar surface area (TPSA) is 86.7 Å². The van der Waals surface area contributed by atoms with E-state index in [9.17, 15) is 19.5 Å². The maximum atomic E-state index is 12.9. The molecule has 34 heavy (non-hydrogen) atoms. The van der Waals surface area contributed by atoms with Gasteiger partial charge in [-0.1, -0.05) is 74.5 Å². The van der Waals surface area contributed by atoms with E-state index < -0.39 is 17.4 Å². The highest BCUT2D eigenvalue weighted by molar-refractivity contribution is 7.99. The van der Waals surface area contributed by atoms with Crippen LogP contribution in [0.3, 0.4) is 0 Å². The molecule has 0 radical (unpaired) electrons. The average molecular weight is 479 g/mol. The van der Waals surface area contributed by atoms with Gasteiger partial charge in [0.25, 0.3) is 0 Å². The van der Waals surface area contributed by atoms with Gasteiger partial charge in [0, 0.05) is 28.3 Å². The fourth-order valence-electron chi connectivity index (χ4n) is 4.32. The van der Waals surface area contributed by atoms with Crippen molar-refractivity contribution in [3.05, 3.63) is 65.2 Å². The normalized spacial score (nSPS) is 16.4. The molecule has 2 heterocycles. The lowest BCUT2D eigenvalue weighted by Crippen LogP contribution is -2.49. The van der Waals surface area contributed by atoms with Crippen LogP contribution >= 0.6 is 11.8 Å². The number of carboxylic acids is 1. The van der Waals surface area contributed by atoms with Crippen LogP contribution in [0.1, 0.15) is 51.2 Å². The van der Waals surface area contributed by atoms with Crippen molar-refractivity contribution in [3.63, 3.8) is 0 Å². The lowest BCUT2D eigenvalue weighted by molar-refractivity contribution is -0.146. The molecular weight excluding hydrogens is 448 g/mol. The van der Waals surface area contributed by atoms with E-state index in [1.807, 2.05) is 0 Å². The van der Waals surface area contributed by atoms with Crippen molar-refractivity contribution in [2.75, 3.05) is 13.1 Å². The monoisotopic (exact) mass is 478 g/mol. The molecule has 2 aliphatic heterocycles. The summed E-state index contributed by atoms with van der Waals surface area (Å²) in [7, 11) is 0. The van der Waals surface area contributed by atoms with Crippen LogP contribution in [0.5, 0.6) is 0 Å². The number of aliphatic carboxylic acids is 1. The van der Waals surface area contributed by atoms with E-state index >= 15 is 0 Å². The van der Waals surface area contributed by atoms with E-state index in [0.29, 0.717) is 13.1 Å². The number of nitrogens with one attached hydrogen (secondary N) is 1. The third-order valence-corrected chi connectivity index (χ3v) is 7.42. The molecule has 0 aliphatic carbocycles. The Labute approximate surface area is 204 Å². The van der Waals surface area contributed by atoms with Gasteiger partial charge in [-0.3, -0.25) is 9.59 Å². The number of nitrogens with zero attached hydrogens (tertiary/aromatic N) is 1. The van der Waals surface area contributed by atoms with Crippen molar-refractivity contribution >= 4 is 35.1 Å². The molecule has 6 nitrogen and oxygen atoms in total. The van der Waals surface area contributed by atoms with Gasteiger partial charge in [0.05, 0.1) is 6.42 Å². The molecule has 2 aliphatic rings. The van der Waals surface area contributed by atoms with Crippen molar-refractivity contribution in [1.29, 1.82) is 0 Å². The number of rotatable bonds is 4. The molecule has 4 rings (SSSR count). The molecule has 1 atom stereocenters. The summed E-state index contributed by atoms with van der Waals surface area (Å²) in [5.74, 6) is -1.82. The van der Waals surface area contributed by atoms with Crippen LogP contribution in [0.25, 0.3) is 5.57 Å². The Hall–Kier alpha value is -3.06. The van der Waals surface area contributed by atoms with Gasteiger partial charge in [0.1, 0.15) is 6.04 Å². The number of hydrogen-bond acceptors (Lipinski definition) is 4. The highest BCUT2D eigenvalue weighted by Gasteiger charge is 2.32. The molecule has 0 aromatic heterocycles. The van der Waals surface area contributed by atoms with Gasteiger partial charge >= 0.3 is 5.97 Å². The summed E-state index contributed by atoms with van der Waals surface area (Å²) in [4.78, 5) is 41.0. The Kier molecular flexibility index (Phi) is 6.84. The molecule has 0 saturated carbocycles. The van der Waals surface area contributed by atoms with Crippen LogP contribution in [0.2, 0.25) is 0 Å². The van der Waals surface area contributed by atoms with Gasteiger partial charge in [-0.05, 0) is 41.7 Å². The first-order chi connectivity index (χ1) is 16.1. The minimum atomic E-state index is -1.23. The molecular formula is C27H30N2O4S. The first-order valence-corrected chi connectivity index (χ1v) is 12.4. The lowest BCUT2D eigenvalue weighted by atomic mass is 9.88. The molecule has 2 aromatic rings. The minimum Gasteiger partial charge on any atom is -0.480 e. The van der Waals surface area contributed by atoms with Crippen LogP contribution in [0, 0.1) is 5.41 Å². The quantitative estimate of drug-likeness (QED) is 0.573. The average Bonchev–Trinajstić information content (AvgIpc) is 2.81. The Morgan fingerprint density at radius 3 is 2.00 bits per heavy atom. The fraction of sp³-hybridized carbons (Fsp3) is 0.370. The summed E-state index contributed by atoms with van der Waals surface area (Å²) in [6.07, 6.45) is 1.23. The SMILES string of the molecule is CC(C)(C)C(=O)N[C@H](CC(=O)N1CCC(=C2c3ccccc3Sc3ccccc32)CC1)C(=O)O. The second-order valence-electron chi connectivity index (χ2n) is 9.77. The van der Waals surface area contributed by atoms with Gasteiger partial charge in [0.15, 0.2) is 0 Å². The zero-order chi connectivity index (χ0) is 24.5. The second-order valence-corrected chi connectivity index (χ2v) is 10.9. The highest BCUT2D eigenvalue weighted by Crippen LogP contribution is 2.47. The van der Waals surface area contributed by atoms with Crippen molar-refractivity contribution in [2.45, 2.75) is 55.9 Å². The van der Waals surface area contributed by atoms with Crippen LogP contribution in [0.15, 0.2) is 63.9 Å². The van der Waals surface area contributed by atoms with E-state index in [1.165, 1.54) is 32.1 Å². The van der Waals surface area contributed by atoms with Gasteiger partial charge in [0.2, 0.25) is 11.8 Å². The summed E-state index contributed by atoms with van der Waals surface area (Å²) in [6.45, 7) is 6.21. The highest BCUT2D eigenvalue weighted by atomic mass is 32.2. The number of carbonyl (C=O) groups is 3. The number of likely N-dealkylation sites (tertiary alicyclic amines) is 1. The van der Waals surface area contributed by atoms with Gasteiger partial charge in [-0.25, -0.2) is 4.79 Å². The number of hydrogen-bond donors (Lipinski definition) is 2. The summed E-state index contributed by atoms with van der Waals surface area (Å²) in [6, 6.07) is 15.6. The Morgan fingerprint density at radius 2 is 1.50 bits per heavy atom. The number of amides is 2. The van der Waals surface area contributed by atoms with Gasteiger partial charge in [-0.2, -0.15) is 0 Å². The predicted octanol–water partition coefficient (Wildman–Crippen LogP) is 4.58. The maximum absolute atomic E-state index is 12.9. The largest absolute Gasteiger partial charge is 0.480 e. The molecule has 2 aromatic carbocycles. The van der Waals surface area contributed by atoms with E-state index in [1.54, 1.807) is 37.4 Å². The van der Waals surface area contributed by atoms with Crippen LogP contribution < -0.4 is 5.32 Å². The summed E-state index contributed by atoms with van der Waals surface area (Å²) in [5.41, 5.74) is 4.32. The Balaban J connectivity index is 1.50. The van der Waals surface area contributed by atoms with Crippen molar-refractivity contribution < 1.29 is 19.5 Å². The van der Waals surface area contributed by atoms with Crippen LogP contribution in [-0.2, 0) is 14.4 Å². The zero-order valence-corrected chi connectivity index (χ0v) is 20.6. The Morgan fingerprint density at radius 1 is 0.971 bits per heavy atom. The maximum Gasteiger partial charge on any atom is 0.326 e. The first kappa shape index (κ1) is 24.1. The molecule has 7 heteroatoms. The zero-order valence-electron chi connectivity index (χ0n) is 19.8. The van der Waals surface area contributed by atoms with Crippen LogP contribution in [0.4, 0.5) is 0 Å². The van der Waals surface area contributed by atoms with Crippen molar-refractivity contribution in [1.82, 2.24) is 10.2 Å². The van der Waals surface area contributed by atoms with E-state index in [4.69, 9.17) is 0 Å². The molecule has 0 spiro atoms. The third kappa shape index (κ3) is 5.04. The number of benzene rings is 2. The van der Waals surface area contributed by atoms with E-state index in [2.05, 4.69) is 53.8 Å². The number of carboxylic acid groups (broad SMARTS) is 1.